The largest absolute Gasteiger partial charge is 0.493 e. The molecule has 0 aromatic heterocycles. The van der Waals surface area contributed by atoms with Gasteiger partial charge in [-0.3, -0.25) is 19.2 Å². The van der Waals surface area contributed by atoms with Gasteiger partial charge in [0.05, 0.1) is 27.2 Å². The molecule has 250 valence electrons. The van der Waals surface area contributed by atoms with Crippen LogP contribution in [-0.4, -0.2) is 62.3 Å². The van der Waals surface area contributed by atoms with Crippen LogP contribution in [0.2, 0.25) is 5.02 Å². The number of aryl methyl sites for hydroxylation is 1. The molecule has 11 nitrogen and oxygen atoms in total. The van der Waals surface area contributed by atoms with Gasteiger partial charge in [-0.15, -0.1) is 0 Å². The summed E-state index contributed by atoms with van der Waals surface area (Å²) in [5, 5.41) is 12.2. The summed E-state index contributed by atoms with van der Waals surface area (Å²) >= 11 is 6.51. The van der Waals surface area contributed by atoms with Gasteiger partial charge in [0.15, 0.2) is 11.5 Å². The number of fused-ring (bicyclic) bond motifs is 1. The molecule has 0 radical (unpaired) electrons. The fraction of sp³-hybridized carbons (Fsp3) is 0.371. The molecule has 2 N–H and O–H groups in total. The maximum atomic E-state index is 14.4. The number of rotatable bonds is 13. The van der Waals surface area contributed by atoms with Gasteiger partial charge in [0, 0.05) is 52.8 Å². The van der Waals surface area contributed by atoms with E-state index in [1.165, 1.54) is 21.1 Å². The van der Waals surface area contributed by atoms with E-state index >= 15 is 0 Å². The van der Waals surface area contributed by atoms with Crippen molar-refractivity contribution in [2.45, 2.75) is 52.2 Å². The molecule has 0 unspecified atom stereocenters. The molecule has 0 aliphatic carbocycles. The van der Waals surface area contributed by atoms with Gasteiger partial charge < -0.3 is 34.3 Å². The van der Waals surface area contributed by atoms with E-state index in [0.717, 1.165) is 5.56 Å². The Balaban J connectivity index is 1.73. The number of hydrogen-bond donors (Lipinski definition) is 2. The number of halogens is 1. The Morgan fingerprint density at radius 1 is 1.02 bits per heavy atom. The van der Waals surface area contributed by atoms with Crippen molar-refractivity contribution in [3.63, 3.8) is 0 Å². The Hall–Kier alpha value is -4.61. The predicted octanol–water partition coefficient (Wildman–Crippen LogP) is 5.81. The molecule has 1 aliphatic heterocycles. The van der Waals surface area contributed by atoms with Crippen molar-refractivity contribution in [1.29, 1.82) is 0 Å². The third-order valence-electron chi connectivity index (χ3n) is 7.61. The maximum Gasteiger partial charge on any atom is 0.303 e. The Bertz CT molecular complexity index is 1620. The summed E-state index contributed by atoms with van der Waals surface area (Å²) in [6.45, 7) is 5.25. The summed E-state index contributed by atoms with van der Waals surface area (Å²) < 4.78 is 23.2. The number of ether oxygens (including phenoxy) is 4. The first-order chi connectivity index (χ1) is 22.3. The van der Waals surface area contributed by atoms with Gasteiger partial charge in [-0.05, 0) is 48.4 Å². The van der Waals surface area contributed by atoms with Crippen LogP contribution < -0.4 is 19.7 Å². The highest BCUT2D eigenvalue weighted by molar-refractivity contribution is 6.30. The van der Waals surface area contributed by atoms with Crippen LogP contribution in [0, 0.1) is 5.41 Å². The summed E-state index contributed by atoms with van der Waals surface area (Å²) in [6.07, 6.45) is -2.12. The van der Waals surface area contributed by atoms with Gasteiger partial charge in [-0.25, -0.2) is 0 Å². The first-order valence-electron chi connectivity index (χ1n) is 15.0. The smallest absolute Gasteiger partial charge is 0.303 e. The van der Waals surface area contributed by atoms with E-state index in [0.29, 0.717) is 45.4 Å². The van der Waals surface area contributed by atoms with Crippen LogP contribution in [0.15, 0.2) is 60.7 Å². The fourth-order valence-corrected chi connectivity index (χ4v) is 5.56. The predicted molar refractivity (Wildman–Crippen MR) is 176 cm³/mol. The van der Waals surface area contributed by atoms with Gasteiger partial charge in [0.2, 0.25) is 5.91 Å². The van der Waals surface area contributed by atoms with Gasteiger partial charge in [-0.1, -0.05) is 49.7 Å². The minimum Gasteiger partial charge on any atom is -0.493 e. The molecule has 0 spiro atoms. The third-order valence-corrected chi connectivity index (χ3v) is 7.84. The average Bonchev–Trinajstić information content (AvgIpc) is 3.13. The molecule has 0 bridgehead atoms. The molecule has 0 saturated heterocycles. The number of para-hydroxylation sites is 1. The standard InChI is InChI=1S/C35H39ClN2O9/c1-21(39)46-20-35(2,3)19-38-27-15-12-23(36)17-26(27)32(25-7-6-8-28(44-4)33(25)45-5)47-29(34(38)43)18-30(40)37-24-13-9-22(10-14-24)11-16-31(41)42/h6-10,12-15,17,29,32H,11,16,18-20H2,1-5H3,(H,37,40)(H,41,42)/t29-,32-/m1/s1. The molecule has 47 heavy (non-hydrogen) atoms. The second-order valence-corrected chi connectivity index (χ2v) is 12.4. The van der Waals surface area contributed by atoms with Gasteiger partial charge in [0.25, 0.3) is 5.91 Å². The summed E-state index contributed by atoms with van der Waals surface area (Å²) in [4.78, 5) is 51.9. The number of carbonyl (C=O) groups excluding carboxylic acids is 3. The van der Waals surface area contributed by atoms with Crippen molar-refractivity contribution in [3.8, 4) is 11.5 Å². The van der Waals surface area contributed by atoms with Crippen LogP contribution in [0.1, 0.15) is 56.4 Å². The normalized spacial score (nSPS) is 16.1. The lowest BCUT2D eigenvalue weighted by Gasteiger charge is -2.33. The number of esters is 1. The first-order valence-corrected chi connectivity index (χ1v) is 15.4. The molecule has 12 heteroatoms. The number of carboxylic acid groups (broad SMARTS) is 1. The number of anilines is 2. The van der Waals surface area contributed by atoms with Crippen LogP contribution in [0.25, 0.3) is 0 Å². The van der Waals surface area contributed by atoms with Crippen LogP contribution in [0.3, 0.4) is 0 Å². The Morgan fingerprint density at radius 3 is 2.38 bits per heavy atom. The molecule has 1 heterocycles. The Morgan fingerprint density at radius 2 is 1.74 bits per heavy atom. The highest BCUT2D eigenvalue weighted by Gasteiger charge is 2.41. The van der Waals surface area contributed by atoms with E-state index in [9.17, 15) is 19.2 Å². The van der Waals surface area contributed by atoms with Crippen molar-refractivity contribution in [2.24, 2.45) is 5.41 Å². The van der Waals surface area contributed by atoms with Crippen molar-refractivity contribution in [3.05, 3.63) is 82.4 Å². The van der Waals surface area contributed by atoms with Crippen molar-refractivity contribution >= 4 is 46.7 Å². The van der Waals surface area contributed by atoms with Crippen molar-refractivity contribution < 1.29 is 43.2 Å². The van der Waals surface area contributed by atoms with Gasteiger partial charge in [0.1, 0.15) is 12.2 Å². The van der Waals surface area contributed by atoms with E-state index < -0.39 is 41.4 Å². The number of hydrogen-bond acceptors (Lipinski definition) is 8. The highest BCUT2D eigenvalue weighted by atomic mass is 35.5. The number of carbonyl (C=O) groups is 4. The monoisotopic (exact) mass is 666 g/mol. The molecule has 1 aliphatic rings. The lowest BCUT2D eigenvalue weighted by Crippen LogP contribution is -2.46. The van der Waals surface area contributed by atoms with E-state index in [4.69, 9.17) is 35.7 Å². The summed E-state index contributed by atoms with van der Waals surface area (Å²) in [5.74, 6) is -1.42. The lowest BCUT2D eigenvalue weighted by molar-refractivity contribution is -0.144. The topological polar surface area (TPSA) is 141 Å². The summed E-state index contributed by atoms with van der Waals surface area (Å²) in [5.41, 5.74) is 2.26. The zero-order valence-corrected chi connectivity index (χ0v) is 27.8. The number of nitrogens with one attached hydrogen (secondary N) is 1. The number of carboxylic acids is 1. The molecule has 4 rings (SSSR count). The van der Waals surface area contributed by atoms with E-state index in [1.807, 2.05) is 13.8 Å². The molecule has 2 amide bonds. The molecular formula is C35H39ClN2O9. The first kappa shape index (κ1) is 35.2. The van der Waals surface area contributed by atoms with Crippen LogP contribution in [-0.2, 0) is 35.1 Å². The summed E-state index contributed by atoms with van der Waals surface area (Å²) in [7, 11) is 3.02. The third kappa shape index (κ3) is 9.02. The Kier molecular flexibility index (Phi) is 11.5. The van der Waals surface area contributed by atoms with E-state index in [1.54, 1.807) is 65.6 Å². The minimum absolute atomic E-state index is 0.00609. The molecular weight excluding hydrogens is 628 g/mol. The number of benzene rings is 3. The van der Waals surface area contributed by atoms with Gasteiger partial charge in [-0.2, -0.15) is 0 Å². The maximum absolute atomic E-state index is 14.4. The quantitative estimate of drug-likeness (QED) is 0.216. The second kappa shape index (κ2) is 15.3. The Labute approximate surface area is 278 Å². The zero-order chi connectivity index (χ0) is 34.3. The average molecular weight is 667 g/mol. The van der Waals surface area contributed by atoms with Crippen LogP contribution >= 0.6 is 11.6 Å². The van der Waals surface area contributed by atoms with Gasteiger partial charge >= 0.3 is 11.9 Å². The number of amides is 2. The van der Waals surface area contributed by atoms with Crippen LogP contribution in [0.5, 0.6) is 11.5 Å². The summed E-state index contributed by atoms with van der Waals surface area (Å²) in [6, 6.07) is 17.3. The SMILES string of the molecule is COc1cccc([C@H]2O[C@H](CC(=O)Nc3ccc(CCC(=O)O)cc3)C(=O)N(CC(C)(C)COC(C)=O)c3ccc(Cl)cc32)c1OC. The van der Waals surface area contributed by atoms with E-state index in [2.05, 4.69) is 5.32 Å². The number of aliphatic carboxylic acids is 1. The molecule has 0 saturated carbocycles. The molecule has 0 fully saturated rings. The molecule has 3 aromatic rings. The highest BCUT2D eigenvalue weighted by Crippen LogP contribution is 2.45. The molecule has 2 atom stereocenters. The lowest BCUT2D eigenvalue weighted by atomic mass is 9.92. The second-order valence-electron chi connectivity index (χ2n) is 12.0. The van der Waals surface area contributed by atoms with Crippen molar-refractivity contribution in [2.75, 3.05) is 37.6 Å². The van der Waals surface area contributed by atoms with Crippen molar-refractivity contribution in [1.82, 2.24) is 0 Å². The van der Waals surface area contributed by atoms with E-state index in [-0.39, 0.29) is 26.0 Å². The molecule has 3 aromatic carbocycles. The fourth-order valence-electron chi connectivity index (χ4n) is 5.38. The van der Waals surface area contributed by atoms with Crippen LogP contribution in [0.4, 0.5) is 11.4 Å². The number of methoxy groups -OCH3 is 2. The number of nitrogens with zero attached hydrogens (tertiary/aromatic N) is 1. The minimum atomic E-state index is -1.25. The zero-order valence-electron chi connectivity index (χ0n) is 27.0.